The molecule has 2 aromatic rings. The summed E-state index contributed by atoms with van der Waals surface area (Å²) in [6.07, 6.45) is 1.77. The van der Waals surface area contributed by atoms with E-state index in [2.05, 4.69) is 5.32 Å². The Morgan fingerprint density at radius 3 is 2.23 bits per heavy atom. The monoisotopic (exact) mass is 448 g/mol. The SMILES string of the molecule is CC[C@H](C)NC(=O)[C@H](C)N(Cc1ccc(Cl)c(Cl)c1)C(=O)CCc1ccc(C)cc1. The molecule has 2 amide bonds. The highest BCUT2D eigenvalue weighted by Gasteiger charge is 2.26. The van der Waals surface area contributed by atoms with Crippen LogP contribution >= 0.6 is 23.2 Å². The summed E-state index contributed by atoms with van der Waals surface area (Å²) < 4.78 is 0. The third-order valence-electron chi connectivity index (χ3n) is 5.25. The van der Waals surface area contributed by atoms with Gasteiger partial charge in [0, 0.05) is 19.0 Å². The summed E-state index contributed by atoms with van der Waals surface area (Å²) in [5.41, 5.74) is 3.11. The minimum atomic E-state index is -0.598. The van der Waals surface area contributed by atoms with Crippen molar-refractivity contribution in [3.8, 4) is 0 Å². The lowest BCUT2D eigenvalue weighted by Crippen LogP contribution is -2.49. The molecule has 0 fully saturated rings. The molecule has 2 aromatic carbocycles. The van der Waals surface area contributed by atoms with E-state index in [4.69, 9.17) is 23.2 Å². The molecule has 1 N–H and O–H groups in total. The number of carbonyl (C=O) groups is 2. The molecule has 0 saturated carbocycles. The number of nitrogens with one attached hydrogen (secondary N) is 1. The zero-order valence-corrected chi connectivity index (χ0v) is 19.6. The van der Waals surface area contributed by atoms with Gasteiger partial charge in [-0.25, -0.2) is 0 Å². The van der Waals surface area contributed by atoms with Crippen molar-refractivity contribution in [2.24, 2.45) is 0 Å². The molecule has 6 heteroatoms. The molecule has 4 nitrogen and oxygen atoms in total. The molecule has 0 spiro atoms. The van der Waals surface area contributed by atoms with Crippen LogP contribution in [0.15, 0.2) is 42.5 Å². The topological polar surface area (TPSA) is 49.4 Å². The predicted molar refractivity (Wildman–Crippen MR) is 124 cm³/mol. The zero-order chi connectivity index (χ0) is 22.3. The summed E-state index contributed by atoms with van der Waals surface area (Å²) in [6.45, 7) is 8.05. The van der Waals surface area contributed by atoms with Crippen LogP contribution in [0.2, 0.25) is 10.0 Å². The Hall–Kier alpha value is -2.04. The predicted octanol–water partition coefficient (Wildman–Crippen LogP) is 5.57. The first-order valence-corrected chi connectivity index (χ1v) is 11.1. The smallest absolute Gasteiger partial charge is 0.242 e. The molecule has 0 saturated heterocycles. The van der Waals surface area contributed by atoms with Gasteiger partial charge in [0.25, 0.3) is 0 Å². The third-order valence-corrected chi connectivity index (χ3v) is 5.99. The maximum Gasteiger partial charge on any atom is 0.242 e. The second kappa shape index (κ2) is 11.4. The van der Waals surface area contributed by atoms with Crippen molar-refractivity contribution in [1.29, 1.82) is 0 Å². The number of nitrogens with zero attached hydrogens (tertiary/aromatic N) is 1. The van der Waals surface area contributed by atoms with Gasteiger partial charge < -0.3 is 10.2 Å². The summed E-state index contributed by atoms with van der Waals surface area (Å²) >= 11 is 12.2. The highest BCUT2D eigenvalue weighted by Crippen LogP contribution is 2.24. The normalized spacial score (nSPS) is 12.9. The lowest BCUT2D eigenvalue weighted by atomic mass is 10.1. The van der Waals surface area contributed by atoms with Crippen molar-refractivity contribution in [3.05, 3.63) is 69.2 Å². The summed E-state index contributed by atoms with van der Waals surface area (Å²) in [7, 11) is 0. The van der Waals surface area contributed by atoms with Crippen molar-refractivity contribution in [1.82, 2.24) is 10.2 Å². The fourth-order valence-electron chi connectivity index (χ4n) is 3.03. The fourth-order valence-corrected chi connectivity index (χ4v) is 3.35. The van der Waals surface area contributed by atoms with E-state index in [0.717, 1.165) is 17.5 Å². The van der Waals surface area contributed by atoms with E-state index in [1.807, 2.05) is 51.1 Å². The summed E-state index contributed by atoms with van der Waals surface area (Å²) in [6, 6.07) is 12.9. The molecule has 162 valence electrons. The second-order valence-electron chi connectivity index (χ2n) is 7.75. The number of carbonyl (C=O) groups excluding carboxylic acids is 2. The molecule has 2 rings (SSSR count). The van der Waals surface area contributed by atoms with E-state index in [0.29, 0.717) is 29.4 Å². The molecule has 0 bridgehead atoms. The summed E-state index contributed by atoms with van der Waals surface area (Å²) in [5.74, 6) is -0.235. The van der Waals surface area contributed by atoms with E-state index >= 15 is 0 Å². The van der Waals surface area contributed by atoms with E-state index in [9.17, 15) is 9.59 Å². The van der Waals surface area contributed by atoms with Gasteiger partial charge in [0.1, 0.15) is 6.04 Å². The van der Waals surface area contributed by atoms with Crippen molar-refractivity contribution >= 4 is 35.0 Å². The molecule has 0 aliphatic rings. The first kappa shape index (κ1) is 24.2. The van der Waals surface area contributed by atoms with Crippen molar-refractivity contribution in [2.45, 2.75) is 65.6 Å². The van der Waals surface area contributed by atoms with Crippen molar-refractivity contribution in [2.75, 3.05) is 0 Å². The summed E-state index contributed by atoms with van der Waals surface area (Å²) in [4.78, 5) is 27.5. The number of hydrogen-bond donors (Lipinski definition) is 1. The average molecular weight is 449 g/mol. The van der Waals surface area contributed by atoms with Crippen LogP contribution in [0.5, 0.6) is 0 Å². The molecule has 2 atom stereocenters. The van der Waals surface area contributed by atoms with Crippen LogP contribution in [0, 0.1) is 6.92 Å². The van der Waals surface area contributed by atoms with Crippen LogP contribution in [0.25, 0.3) is 0 Å². The molecule has 0 unspecified atom stereocenters. The molecular formula is C24H30Cl2N2O2. The Morgan fingerprint density at radius 1 is 1.00 bits per heavy atom. The lowest BCUT2D eigenvalue weighted by molar-refractivity contribution is -0.140. The van der Waals surface area contributed by atoms with Gasteiger partial charge in [0.2, 0.25) is 11.8 Å². The molecule has 0 radical (unpaired) electrons. The number of rotatable bonds is 9. The quantitative estimate of drug-likeness (QED) is 0.545. The standard InChI is InChI=1S/C24H30Cl2N2O2/c1-5-17(3)27-24(30)18(4)28(15-20-10-12-21(25)22(26)14-20)23(29)13-11-19-8-6-16(2)7-9-19/h6-10,12,14,17-18H,5,11,13,15H2,1-4H3,(H,27,30)/t17-,18-/m0/s1. The van der Waals surface area contributed by atoms with Crippen molar-refractivity contribution < 1.29 is 9.59 Å². The molecular weight excluding hydrogens is 419 g/mol. The summed E-state index contributed by atoms with van der Waals surface area (Å²) in [5, 5.41) is 3.86. The van der Waals surface area contributed by atoms with Crippen molar-refractivity contribution in [3.63, 3.8) is 0 Å². The number of aryl methyl sites for hydroxylation is 2. The minimum Gasteiger partial charge on any atom is -0.352 e. The Labute approximate surface area is 189 Å². The maximum absolute atomic E-state index is 13.1. The van der Waals surface area contributed by atoms with Crippen LogP contribution in [0.1, 0.15) is 50.3 Å². The Kier molecular flexibility index (Phi) is 9.19. The van der Waals surface area contributed by atoms with Gasteiger partial charge in [0.15, 0.2) is 0 Å². The van der Waals surface area contributed by atoms with Crippen LogP contribution in [0.4, 0.5) is 0 Å². The Morgan fingerprint density at radius 2 is 1.63 bits per heavy atom. The van der Waals surface area contributed by atoms with Gasteiger partial charge >= 0.3 is 0 Å². The van der Waals surface area contributed by atoms with E-state index in [1.165, 1.54) is 5.56 Å². The second-order valence-corrected chi connectivity index (χ2v) is 8.56. The third kappa shape index (κ3) is 7.03. The first-order chi connectivity index (χ1) is 14.2. The van der Waals surface area contributed by atoms with E-state index in [-0.39, 0.29) is 17.9 Å². The van der Waals surface area contributed by atoms with Crippen LogP contribution in [-0.4, -0.2) is 28.8 Å². The van der Waals surface area contributed by atoms with Gasteiger partial charge in [-0.1, -0.05) is 66.0 Å². The zero-order valence-electron chi connectivity index (χ0n) is 18.0. The van der Waals surface area contributed by atoms with E-state index in [1.54, 1.807) is 24.0 Å². The van der Waals surface area contributed by atoms with Gasteiger partial charge in [-0.05, 0) is 56.9 Å². The van der Waals surface area contributed by atoms with Gasteiger partial charge in [-0.2, -0.15) is 0 Å². The lowest BCUT2D eigenvalue weighted by Gasteiger charge is -2.30. The first-order valence-electron chi connectivity index (χ1n) is 10.3. The number of halogens is 2. The number of benzene rings is 2. The molecule has 30 heavy (non-hydrogen) atoms. The van der Waals surface area contributed by atoms with Gasteiger partial charge in [-0.15, -0.1) is 0 Å². The highest BCUT2D eigenvalue weighted by atomic mass is 35.5. The van der Waals surface area contributed by atoms with Crippen LogP contribution in [0.3, 0.4) is 0 Å². The molecule has 0 aliphatic heterocycles. The number of hydrogen-bond acceptors (Lipinski definition) is 2. The minimum absolute atomic E-state index is 0.0504. The maximum atomic E-state index is 13.1. The largest absolute Gasteiger partial charge is 0.352 e. The number of amides is 2. The highest BCUT2D eigenvalue weighted by molar-refractivity contribution is 6.42. The fraction of sp³-hybridized carbons (Fsp3) is 0.417. The van der Waals surface area contributed by atoms with Gasteiger partial charge in [0.05, 0.1) is 10.0 Å². The van der Waals surface area contributed by atoms with Gasteiger partial charge in [-0.3, -0.25) is 9.59 Å². The Bertz CT molecular complexity index is 868. The molecule has 0 aliphatic carbocycles. The average Bonchev–Trinajstić information content (AvgIpc) is 2.73. The molecule has 0 heterocycles. The molecule has 0 aromatic heterocycles. The van der Waals surface area contributed by atoms with Crippen LogP contribution < -0.4 is 5.32 Å². The Balaban J connectivity index is 2.17. The van der Waals surface area contributed by atoms with Crippen LogP contribution in [-0.2, 0) is 22.6 Å². The van der Waals surface area contributed by atoms with E-state index < -0.39 is 6.04 Å².